The number of nitriles is 1. The summed E-state index contributed by atoms with van der Waals surface area (Å²) in [7, 11) is 0. The Hall–Kier alpha value is -4.10. The summed E-state index contributed by atoms with van der Waals surface area (Å²) in [5.41, 5.74) is 10.0. The average Bonchev–Trinajstić information content (AvgIpc) is 3.24. The fraction of sp³-hybridized carbons (Fsp3) is 0.333. The maximum atomic E-state index is 12.1. The van der Waals surface area contributed by atoms with Crippen molar-refractivity contribution in [2.45, 2.75) is 19.9 Å². The molecule has 2 atom stereocenters. The van der Waals surface area contributed by atoms with E-state index in [0.717, 1.165) is 16.8 Å². The lowest BCUT2D eigenvalue weighted by Crippen LogP contribution is -2.43. The quantitative estimate of drug-likeness (QED) is 0.500. The number of nitrogens with zero attached hydrogens (tertiary/aromatic N) is 4. The summed E-state index contributed by atoms with van der Waals surface area (Å²) < 4.78 is 11.1. The highest BCUT2D eigenvalue weighted by Crippen LogP contribution is 2.40. The number of carboxylic acid groups (broad SMARTS) is 1. The maximum Gasteiger partial charge on any atom is 0.413 e. The second kappa shape index (κ2) is 8.35. The smallest absolute Gasteiger partial charge is 0.413 e. The number of fused-ring (bicyclic) bond motifs is 2. The van der Waals surface area contributed by atoms with Gasteiger partial charge in [0.1, 0.15) is 24.2 Å². The highest BCUT2D eigenvalue weighted by molar-refractivity contribution is 6.02. The monoisotopic (exact) mass is 460 g/mol. The normalized spacial score (nSPS) is 19.1. The van der Waals surface area contributed by atoms with Crippen LogP contribution in [0, 0.1) is 24.2 Å². The van der Waals surface area contributed by atoms with Gasteiger partial charge in [-0.05, 0) is 30.0 Å². The van der Waals surface area contributed by atoms with E-state index in [1.165, 1.54) is 11.1 Å². The van der Waals surface area contributed by atoms with Crippen LogP contribution in [0.3, 0.4) is 0 Å². The average molecular weight is 460 g/mol. The minimum Gasteiger partial charge on any atom is -0.474 e. The van der Waals surface area contributed by atoms with E-state index >= 15 is 0 Å². The molecule has 0 aliphatic carbocycles. The summed E-state index contributed by atoms with van der Waals surface area (Å²) in [5, 5.41) is 24.4. The summed E-state index contributed by atoms with van der Waals surface area (Å²) in [6, 6.07) is 5.41. The van der Waals surface area contributed by atoms with Crippen LogP contribution in [0.15, 0.2) is 24.5 Å². The molecule has 10 nitrogen and oxygen atoms in total. The largest absolute Gasteiger partial charge is 0.474 e. The molecule has 0 spiro atoms. The number of aromatic nitrogens is 2. The van der Waals surface area contributed by atoms with Gasteiger partial charge in [-0.25, -0.2) is 14.8 Å². The van der Waals surface area contributed by atoms with E-state index in [4.69, 9.17) is 15.2 Å². The van der Waals surface area contributed by atoms with Gasteiger partial charge in [0.05, 0.1) is 30.5 Å². The molecule has 174 valence electrons. The minimum absolute atomic E-state index is 0.0362. The zero-order valence-corrected chi connectivity index (χ0v) is 18.8. The van der Waals surface area contributed by atoms with Crippen molar-refractivity contribution in [3.63, 3.8) is 0 Å². The number of ether oxygens (including phenoxy) is 2. The molecule has 2 aliphatic heterocycles. The van der Waals surface area contributed by atoms with Gasteiger partial charge in [0.25, 0.3) is 0 Å². The molecule has 1 amide bonds. The molecule has 1 saturated heterocycles. The maximum absolute atomic E-state index is 12.1. The first-order chi connectivity index (χ1) is 16.4. The summed E-state index contributed by atoms with van der Waals surface area (Å²) in [6.45, 7) is 5.88. The van der Waals surface area contributed by atoms with Crippen molar-refractivity contribution in [1.29, 1.82) is 5.26 Å². The van der Waals surface area contributed by atoms with Crippen molar-refractivity contribution in [2.24, 2.45) is 5.92 Å². The van der Waals surface area contributed by atoms with Crippen LogP contribution in [0.2, 0.25) is 0 Å². The zero-order chi connectivity index (χ0) is 24.0. The minimum atomic E-state index is -1.10. The first kappa shape index (κ1) is 21.7. The van der Waals surface area contributed by atoms with Crippen LogP contribution in [0.5, 0.6) is 5.88 Å². The molecule has 4 N–H and O–H groups in total. The second-order valence-electron chi connectivity index (χ2n) is 8.58. The van der Waals surface area contributed by atoms with Crippen molar-refractivity contribution in [3.05, 3.63) is 35.7 Å². The molecular formula is C24H24N6O4. The Morgan fingerprint density at radius 1 is 1.29 bits per heavy atom. The first-order valence-corrected chi connectivity index (χ1v) is 11.0. The van der Waals surface area contributed by atoms with Crippen molar-refractivity contribution < 1.29 is 19.4 Å². The van der Waals surface area contributed by atoms with E-state index in [9.17, 15) is 15.2 Å². The molecule has 0 saturated carbocycles. The third-order valence-corrected chi connectivity index (χ3v) is 6.51. The van der Waals surface area contributed by atoms with Crippen molar-refractivity contribution in [2.75, 3.05) is 42.3 Å². The van der Waals surface area contributed by atoms with Crippen LogP contribution in [-0.4, -0.2) is 53.6 Å². The predicted molar refractivity (Wildman–Crippen MR) is 127 cm³/mol. The highest BCUT2D eigenvalue weighted by atomic mass is 16.5. The van der Waals surface area contributed by atoms with E-state index in [1.54, 1.807) is 12.3 Å². The molecule has 0 bridgehead atoms. The number of pyridine rings is 2. The summed E-state index contributed by atoms with van der Waals surface area (Å²) >= 11 is 0. The van der Waals surface area contributed by atoms with Gasteiger partial charge >= 0.3 is 6.09 Å². The van der Waals surface area contributed by atoms with Crippen LogP contribution >= 0.6 is 0 Å². The van der Waals surface area contributed by atoms with Crippen LogP contribution in [0.25, 0.3) is 21.9 Å². The number of rotatable bonds is 3. The van der Waals surface area contributed by atoms with Crippen LogP contribution < -0.4 is 20.7 Å². The molecular weight excluding hydrogens is 436 g/mol. The summed E-state index contributed by atoms with van der Waals surface area (Å²) in [5.74, 6) is 0.846. The third kappa shape index (κ3) is 3.41. The topological polar surface area (TPSA) is 147 Å². The van der Waals surface area contributed by atoms with Gasteiger partial charge in [-0.1, -0.05) is 6.92 Å². The molecule has 1 aromatic carbocycles. The number of benzene rings is 1. The second-order valence-corrected chi connectivity index (χ2v) is 8.58. The molecule has 1 fully saturated rings. The van der Waals surface area contributed by atoms with Gasteiger partial charge in [-0.2, -0.15) is 5.26 Å². The van der Waals surface area contributed by atoms with E-state index in [1.807, 2.05) is 19.9 Å². The van der Waals surface area contributed by atoms with Crippen LogP contribution in [-0.2, 0) is 4.74 Å². The zero-order valence-electron chi connectivity index (χ0n) is 18.8. The number of nitrogens with one attached hydrogen (secondary N) is 1. The fourth-order valence-corrected chi connectivity index (χ4v) is 4.66. The van der Waals surface area contributed by atoms with Gasteiger partial charge in [-0.3, -0.25) is 4.90 Å². The molecule has 5 rings (SSSR count). The first-order valence-electron chi connectivity index (χ1n) is 11.0. The molecule has 2 aliphatic rings. The van der Waals surface area contributed by atoms with Crippen molar-refractivity contribution in [3.8, 4) is 23.1 Å². The van der Waals surface area contributed by atoms with Gasteiger partial charge < -0.3 is 25.6 Å². The molecule has 2 unspecified atom stereocenters. The Bertz CT molecular complexity index is 1350. The van der Waals surface area contributed by atoms with E-state index < -0.39 is 6.09 Å². The van der Waals surface area contributed by atoms with Gasteiger partial charge in [0.15, 0.2) is 0 Å². The molecule has 10 heteroatoms. The SMILES string of the molecule is Cc1c(-c2cc3cc(N(C(=O)O)C4COCC4C)ncc3c(N)c2C#N)cnc2c1NCCO2. The summed E-state index contributed by atoms with van der Waals surface area (Å²) in [4.78, 5) is 22.2. The number of hydrogen-bond acceptors (Lipinski definition) is 8. The van der Waals surface area contributed by atoms with E-state index in [2.05, 4.69) is 21.4 Å². The third-order valence-electron chi connectivity index (χ3n) is 6.51. The molecule has 34 heavy (non-hydrogen) atoms. The highest BCUT2D eigenvalue weighted by Gasteiger charge is 2.35. The Labute approximate surface area is 195 Å². The van der Waals surface area contributed by atoms with E-state index in [0.29, 0.717) is 54.1 Å². The lowest BCUT2D eigenvalue weighted by atomic mass is 9.93. The predicted octanol–water partition coefficient (Wildman–Crippen LogP) is 3.38. The van der Waals surface area contributed by atoms with Crippen molar-refractivity contribution in [1.82, 2.24) is 9.97 Å². The lowest BCUT2D eigenvalue weighted by molar-refractivity contribution is 0.181. The Kier molecular flexibility index (Phi) is 5.34. The van der Waals surface area contributed by atoms with Crippen LogP contribution in [0.1, 0.15) is 18.1 Å². The number of amides is 1. The standard InChI is InChI=1S/C24H24N6O4/c1-12-10-33-11-19(12)30(24(31)32)20-6-14-5-15(16(7-25)21(26)18(14)9-28-20)17-8-29-23-22(13(17)2)27-3-4-34-23/h5-6,8-9,12,19,27H,3-4,10-11,26H2,1-2H3,(H,31,32). The van der Waals surface area contributed by atoms with Gasteiger partial charge in [-0.15, -0.1) is 0 Å². The number of nitrogen functional groups attached to an aromatic ring is 1. The number of nitrogens with two attached hydrogens (primary N) is 1. The molecule has 2 aromatic heterocycles. The van der Waals surface area contributed by atoms with Gasteiger partial charge in [0, 0.05) is 41.4 Å². The lowest BCUT2D eigenvalue weighted by Gasteiger charge is -2.27. The van der Waals surface area contributed by atoms with Crippen LogP contribution in [0.4, 0.5) is 22.0 Å². The number of anilines is 3. The number of carbonyl (C=O) groups is 1. The Balaban J connectivity index is 1.68. The number of hydrogen-bond donors (Lipinski definition) is 3. The molecule has 3 aromatic rings. The fourth-order valence-electron chi connectivity index (χ4n) is 4.66. The molecule has 4 heterocycles. The summed E-state index contributed by atoms with van der Waals surface area (Å²) in [6.07, 6.45) is 2.09. The van der Waals surface area contributed by atoms with E-state index in [-0.39, 0.29) is 23.5 Å². The molecule has 0 radical (unpaired) electrons. The Morgan fingerprint density at radius 3 is 2.82 bits per heavy atom. The van der Waals surface area contributed by atoms with Crippen molar-refractivity contribution >= 4 is 34.1 Å². The Morgan fingerprint density at radius 2 is 2.12 bits per heavy atom. The van der Waals surface area contributed by atoms with Gasteiger partial charge in [0.2, 0.25) is 5.88 Å².